The lowest BCUT2D eigenvalue weighted by Gasteiger charge is -2.44. The number of anilines is 1. The molecule has 1 aromatic rings. The first-order valence-electron chi connectivity index (χ1n) is 6.31. The summed E-state index contributed by atoms with van der Waals surface area (Å²) in [5.41, 5.74) is -0.255. The number of aromatic nitrogens is 2. The second kappa shape index (κ2) is 5.36. The molecule has 2 heterocycles. The Hall–Kier alpha value is -1.30. The van der Waals surface area contributed by atoms with Crippen molar-refractivity contribution in [3.8, 4) is 0 Å². The lowest BCUT2D eigenvalue weighted by Crippen LogP contribution is -2.54. The Labute approximate surface area is 117 Å². The highest BCUT2D eigenvalue weighted by molar-refractivity contribution is 7.98. The Morgan fingerprint density at radius 1 is 1.53 bits per heavy atom. The molecule has 0 radical (unpaired) electrons. The van der Waals surface area contributed by atoms with E-state index in [1.54, 1.807) is 0 Å². The van der Waals surface area contributed by atoms with Gasteiger partial charge in [0.1, 0.15) is 23.2 Å². The summed E-state index contributed by atoms with van der Waals surface area (Å²) in [5.74, 6) is -0.0754. The molecule has 0 aromatic carbocycles. The van der Waals surface area contributed by atoms with Crippen LogP contribution in [0.25, 0.3) is 0 Å². The maximum absolute atomic E-state index is 11.6. The second-order valence-electron chi connectivity index (χ2n) is 5.44. The molecule has 5 nitrogen and oxygen atoms in total. The van der Waals surface area contributed by atoms with Crippen LogP contribution in [0.4, 0.5) is 5.82 Å². The monoisotopic (exact) mass is 281 g/mol. The Morgan fingerprint density at radius 3 is 2.89 bits per heavy atom. The summed E-state index contributed by atoms with van der Waals surface area (Å²) >= 11 is 1.53. The Morgan fingerprint density at radius 2 is 2.26 bits per heavy atom. The fourth-order valence-corrected chi connectivity index (χ4v) is 3.08. The van der Waals surface area contributed by atoms with E-state index >= 15 is 0 Å². The van der Waals surface area contributed by atoms with Crippen molar-refractivity contribution in [3.63, 3.8) is 0 Å². The molecule has 19 heavy (non-hydrogen) atoms. The van der Waals surface area contributed by atoms with E-state index < -0.39 is 12.0 Å². The van der Waals surface area contributed by atoms with Gasteiger partial charge in [-0.15, -0.1) is 11.8 Å². The van der Waals surface area contributed by atoms with Gasteiger partial charge in [-0.3, -0.25) is 0 Å². The van der Waals surface area contributed by atoms with Crippen LogP contribution in [0.3, 0.4) is 0 Å². The number of piperidine rings is 1. The molecule has 1 saturated heterocycles. The zero-order valence-electron chi connectivity index (χ0n) is 11.5. The third kappa shape index (κ3) is 2.83. The van der Waals surface area contributed by atoms with E-state index in [0.29, 0.717) is 5.82 Å². The molecular formula is C13H19N3O2S. The van der Waals surface area contributed by atoms with E-state index in [-0.39, 0.29) is 5.41 Å². The molecule has 104 valence electrons. The fourth-order valence-electron chi connectivity index (χ4n) is 2.71. The molecule has 0 saturated carbocycles. The van der Waals surface area contributed by atoms with Crippen LogP contribution in [-0.4, -0.2) is 39.9 Å². The van der Waals surface area contributed by atoms with Gasteiger partial charge in [-0.2, -0.15) is 0 Å². The molecule has 6 heteroatoms. The number of hydrogen-bond donors (Lipinski definition) is 1. The van der Waals surface area contributed by atoms with E-state index in [0.717, 1.165) is 24.4 Å². The minimum Gasteiger partial charge on any atom is -0.480 e. The molecule has 1 aliphatic heterocycles. The van der Waals surface area contributed by atoms with Gasteiger partial charge in [0.15, 0.2) is 0 Å². The van der Waals surface area contributed by atoms with Crippen LogP contribution < -0.4 is 4.90 Å². The van der Waals surface area contributed by atoms with Crippen LogP contribution in [-0.2, 0) is 4.79 Å². The van der Waals surface area contributed by atoms with Crippen molar-refractivity contribution in [1.29, 1.82) is 0 Å². The minimum atomic E-state index is -0.783. The van der Waals surface area contributed by atoms with E-state index in [2.05, 4.69) is 9.97 Å². The average molecular weight is 281 g/mol. The molecule has 2 rings (SSSR count). The lowest BCUT2D eigenvalue weighted by atomic mass is 9.76. The number of thioether (sulfide) groups is 1. The van der Waals surface area contributed by atoms with E-state index in [1.807, 2.05) is 31.1 Å². The number of aliphatic carboxylic acids is 1. The van der Waals surface area contributed by atoms with Gasteiger partial charge >= 0.3 is 5.97 Å². The van der Waals surface area contributed by atoms with Crippen molar-refractivity contribution in [2.45, 2.75) is 37.8 Å². The average Bonchev–Trinajstić information content (AvgIpc) is 2.37. The number of carboxylic acids is 1. The predicted molar refractivity (Wildman–Crippen MR) is 75.6 cm³/mol. The van der Waals surface area contributed by atoms with Gasteiger partial charge in [0.2, 0.25) is 0 Å². The SMILES string of the molecule is CSc1cc(N2CCCC(C)(C)C2C(=O)O)ncn1. The molecule has 1 aromatic heterocycles. The van der Waals surface area contributed by atoms with Crippen molar-refractivity contribution in [3.05, 3.63) is 12.4 Å². The zero-order chi connectivity index (χ0) is 14.0. The number of carboxylic acid groups (broad SMARTS) is 1. The molecule has 1 aliphatic rings. The van der Waals surface area contributed by atoms with Gasteiger partial charge in [0.05, 0.1) is 0 Å². The molecule has 1 unspecified atom stereocenters. The molecule has 0 spiro atoms. The van der Waals surface area contributed by atoms with Crippen LogP contribution in [0, 0.1) is 5.41 Å². The molecular weight excluding hydrogens is 262 g/mol. The number of hydrogen-bond acceptors (Lipinski definition) is 5. The highest BCUT2D eigenvalue weighted by atomic mass is 32.2. The smallest absolute Gasteiger partial charge is 0.326 e. The van der Waals surface area contributed by atoms with Gasteiger partial charge in [0, 0.05) is 12.6 Å². The van der Waals surface area contributed by atoms with Gasteiger partial charge in [-0.05, 0) is 24.5 Å². The van der Waals surface area contributed by atoms with E-state index in [1.165, 1.54) is 18.1 Å². The fraction of sp³-hybridized carbons (Fsp3) is 0.615. The van der Waals surface area contributed by atoms with Crippen molar-refractivity contribution in [1.82, 2.24) is 9.97 Å². The molecule has 0 amide bonds. The largest absolute Gasteiger partial charge is 0.480 e. The van der Waals surface area contributed by atoms with Crippen molar-refractivity contribution < 1.29 is 9.90 Å². The standard InChI is InChI=1S/C13H19N3O2S/c1-13(2)5-4-6-16(11(13)12(17)18)9-7-10(19-3)15-8-14-9/h7-8,11H,4-6H2,1-3H3,(H,17,18). The van der Waals surface area contributed by atoms with Gasteiger partial charge in [-0.1, -0.05) is 13.8 Å². The van der Waals surface area contributed by atoms with E-state index in [9.17, 15) is 9.90 Å². The molecule has 0 bridgehead atoms. The summed E-state index contributed by atoms with van der Waals surface area (Å²) < 4.78 is 0. The topological polar surface area (TPSA) is 66.3 Å². The zero-order valence-corrected chi connectivity index (χ0v) is 12.3. The van der Waals surface area contributed by atoms with Crippen LogP contribution in [0.15, 0.2) is 17.4 Å². The first kappa shape index (κ1) is 14.1. The maximum atomic E-state index is 11.6. The third-order valence-corrected chi connectivity index (χ3v) is 4.28. The highest BCUT2D eigenvalue weighted by Gasteiger charge is 2.43. The van der Waals surface area contributed by atoms with Gasteiger partial charge in [-0.25, -0.2) is 14.8 Å². The summed E-state index contributed by atoms with van der Waals surface area (Å²) in [5, 5.41) is 10.4. The molecule has 1 atom stereocenters. The Balaban J connectivity index is 2.37. The van der Waals surface area contributed by atoms with Crippen molar-refractivity contribution in [2.24, 2.45) is 5.41 Å². The quantitative estimate of drug-likeness (QED) is 0.677. The summed E-state index contributed by atoms with van der Waals surface area (Å²) in [7, 11) is 0. The number of rotatable bonds is 3. The summed E-state index contributed by atoms with van der Waals surface area (Å²) in [6, 6.07) is 1.33. The molecule has 1 N–H and O–H groups in total. The summed E-state index contributed by atoms with van der Waals surface area (Å²) in [4.78, 5) is 21.9. The highest BCUT2D eigenvalue weighted by Crippen LogP contribution is 2.37. The molecule has 1 fully saturated rings. The minimum absolute atomic E-state index is 0.255. The van der Waals surface area contributed by atoms with Crippen molar-refractivity contribution in [2.75, 3.05) is 17.7 Å². The van der Waals surface area contributed by atoms with Crippen molar-refractivity contribution >= 4 is 23.5 Å². The molecule has 0 aliphatic carbocycles. The number of carbonyl (C=O) groups is 1. The van der Waals surface area contributed by atoms with Gasteiger partial charge < -0.3 is 10.0 Å². The first-order valence-corrected chi connectivity index (χ1v) is 7.53. The maximum Gasteiger partial charge on any atom is 0.326 e. The van der Waals surface area contributed by atoms with Crippen LogP contribution in [0.1, 0.15) is 26.7 Å². The normalized spacial score (nSPS) is 22.3. The summed E-state index contributed by atoms with van der Waals surface area (Å²) in [6.45, 7) is 4.74. The van der Waals surface area contributed by atoms with Crippen LogP contribution >= 0.6 is 11.8 Å². The van der Waals surface area contributed by atoms with E-state index in [4.69, 9.17) is 0 Å². The Bertz CT molecular complexity index is 479. The predicted octanol–water partition coefficient (Wildman–Crippen LogP) is 2.28. The second-order valence-corrected chi connectivity index (χ2v) is 6.27. The van der Waals surface area contributed by atoms with Crippen LogP contribution in [0.5, 0.6) is 0 Å². The Kier molecular flexibility index (Phi) is 3.99. The van der Waals surface area contributed by atoms with Gasteiger partial charge in [0.25, 0.3) is 0 Å². The lowest BCUT2D eigenvalue weighted by molar-refractivity contribution is -0.142. The van der Waals surface area contributed by atoms with Crippen LogP contribution in [0.2, 0.25) is 0 Å². The third-order valence-electron chi connectivity index (χ3n) is 3.64. The summed E-state index contributed by atoms with van der Waals surface area (Å²) in [6.07, 6.45) is 5.35. The first-order chi connectivity index (χ1) is 8.95. The number of nitrogens with zero attached hydrogens (tertiary/aromatic N) is 3.